The van der Waals surface area contributed by atoms with Crippen molar-refractivity contribution in [3.63, 3.8) is 0 Å². The second-order valence-corrected chi connectivity index (χ2v) is 9.51. The van der Waals surface area contributed by atoms with Crippen LogP contribution < -0.4 is 0 Å². The van der Waals surface area contributed by atoms with Crippen LogP contribution in [0.2, 0.25) is 0 Å². The lowest BCUT2D eigenvalue weighted by Crippen LogP contribution is -2.56. The zero-order valence-corrected chi connectivity index (χ0v) is 13.6. The van der Waals surface area contributed by atoms with Crippen molar-refractivity contribution >= 4 is 19.9 Å². The maximum Gasteiger partial charge on any atom is 0.243 e. The highest BCUT2D eigenvalue weighted by Crippen LogP contribution is 2.27. The van der Waals surface area contributed by atoms with Crippen LogP contribution in [-0.4, -0.2) is 39.5 Å². The fourth-order valence-corrected chi connectivity index (χ4v) is 5.67. The van der Waals surface area contributed by atoms with Gasteiger partial charge in [0, 0.05) is 13.1 Å². The van der Waals surface area contributed by atoms with Crippen LogP contribution in [0.4, 0.5) is 4.39 Å². The van der Waals surface area contributed by atoms with E-state index in [1.807, 2.05) is 0 Å². The molecule has 1 saturated heterocycles. The van der Waals surface area contributed by atoms with Gasteiger partial charge in [-0.25, -0.2) is 21.2 Å². The van der Waals surface area contributed by atoms with E-state index in [1.54, 1.807) is 12.1 Å². The number of sulfone groups is 1. The largest absolute Gasteiger partial charge is 0.468 e. The molecule has 0 saturated carbocycles. The summed E-state index contributed by atoms with van der Waals surface area (Å²) < 4.78 is 68.2. The van der Waals surface area contributed by atoms with Crippen LogP contribution in [0.15, 0.2) is 52.0 Å². The second kappa shape index (κ2) is 5.73. The van der Waals surface area contributed by atoms with Gasteiger partial charge in [0.2, 0.25) is 10.0 Å². The minimum atomic E-state index is -3.87. The summed E-state index contributed by atoms with van der Waals surface area (Å²) in [7, 11) is -7.38. The van der Waals surface area contributed by atoms with Gasteiger partial charge in [0.1, 0.15) is 17.3 Å². The predicted molar refractivity (Wildman–Crippen MR) is 80.3 cm³/mol. The van der Waals surface area contributed by atoms with E-state index in [0.717, 1.165) is 16.4 Å². The Morgan fingerprint density at radius 2 is 1.87 bits per heavy atom. The average molecular weight is 359 g/mol. The molecule has 1 aromatic heterocycles. The molecule has 0 amide bonds. The highest BCUT2D eigenvalue weighted by atomic mass is 32.2. The van der Waals surface area contributed by atoms with Crippen molar-refractivity contribution in [1.29, 1.82) is 0 Å². The van der Waals surface area contributed by atoms with Crippen LogP contribution in [0.25, 0.3) is 0 Å². The molecule has 0 spiro atoms. The van der Waals surface area contributed by atoms with Crippen molar-refractivity contribution in [2.45, 2.75) is 15.9 Å². The molecule has 1 aromatic carbocycles. The molecule has 2 aromatic rings. The highest BCUT2D eigenvalue weighted by molar-refractivity contribution is 7.92. The first-order valence-corrected chi connectivity index (χ1v) is 9.94. The van der Waals surface area contributed by atoms with Crippen LogP contribution in [0.3, 0.4) is 0 Å². The molecular weight excluding hydrogens is 345 g/mol. The summed E-state index contributed by atoms with van der Waals surface area (Å²) >= 11 is 0. The van der Waals surface area contributed by atoms with E-state index in [9.17, 15) is 21.2 Å². The smallest absolute Gasteiger partial charge is 0.243 e. The van der Waals surface area contributed by atoms with Crippen molar-refractivity contribution in [1.82, 2.24) is 4.31 Å². The number of furan rings is 1. The molecule has 3 rings (SSSR count). The van der Waals surface area contributed by atoms with Crippen molar-refractivity contribution < 1.29 is 25.6 Å². The van der Waals surface area contributed by atoms with E-state index in [1.165, 1.54) is 18.4 Å². The predicted octanol–water partition coefficient (Wildman–Crippen LogP) is 1.41. The Bertz CT molecular complexity index is 900. The standard InChI is InChI=1S/C14H14FNO5S2/c15-11-3-1-5-13(7-11)23(19,20)16-8-14(9-16)22(17,18)10-12-4-2-6-21-12/h1-7,14H,8-10H2. The lowest BCUT2D eigenvalue weighted by Gasteiger charge is -2.37. The number of benzene rings is 1. The quantitative estimate of drug-likeness (QED) is 0.806. The third-order valence-electron chi connectivity index (χ3n) is 3.68. The van der Waals surface area contributed by atoms with Gasteiger partial charge in [-0.05, 0) is 30.3 Å². The van der Waals surface area contributed by atoms with Crippen molar-refractivity contribution in [3.8, 4) is 0 Å². The number of hydrogen-bond donors (Lipinski definition) is 0. The molecule has 23 heavy (non-hydrogen) atoms. The van der Waals surface area contributed by atoms with E-state index in [4.69, 9.17) is 4.42 Å². The van der Waals surface area contributed by atoms with Crippen LogP contribution in [-0.2, 0) is 25.6 Å². The van der Waals surface area contributed by atoms with Gasteiger partial charge in [0.15, 0.2) is 9.84 Å². The topological polar surface area (TPSA) is 84.7 Å². The number of nitrogens with zero attached hydrogens (tertiary/aromatic N) is 1. The average Bonchev–Trinajstić information content (AvgIpc) is 2.88. The van der Waals surface area contributed by atoms with Crippen molar-refractivity contribution in [2.24, 2.45) is 0 Å². The van der Waals surface area contributed by atoms with Crippen LogP contribution in [0, 0.1) is 5.82 Å². The molecule has 6 nitrogen and oxygen atoms in total. The first-order valence-electron chi connectivity index (χ1n) is 6.79. The summed E-state index contributed by atoms with van der Waals surface area (Å²) in [6.45, 7) is -0.274. The molecule has 1 aliphatic rings. The molecule has 124 valence electrons. The monoisotopic (exact) mass is 359 g/mol. The summed E-state index contributed by atoms with van der Waals surface area (Å²) in [5, 5.41) is -0.782. The first kappa shape index (κ1) is 16.2. The Morgan fingerprint density at radius 1 is 1.13 bits per heavy atom. The van der Waals surface area contributed by atoms with E-state index in [2.05, 4.69) is 0 Å². The SMILES string of the molecule is O=S(=O)(Cc1ccco1)C1CN(S(=O)(=O)c2cccc(F)c2)C1. The van der Waals surface area contributed by atoms with E-state index < -0.39 is 30.9 Å². The summed E-state index contributed by atoms with van der Waals surface area (Å²) in [6.07, 6.45) is 1.38. The second-order valence-electron chi connectivity index (χ2n) is 5.29. The minimum absolute atomic E-state index is 0.137. The maximum atomic E-state index is 13.2. The Kier molecular flexibility index (Phi) is 4.03. The molecule has 1 fully saturated rings. The molecule has 0 unspecified atom stereocenters. The molecule has 0 atom stereocenters. The van der Waals surface area contributed by atoms with Crippen LogP contribution >= 0.6 is 0 Å². The Labute approximate surface area is 133 Å². The summed E-state index contributed by atoms with van der Waals surface area (Å²) in [5.74, 6) is -0.608. The van der Waals surface area contributed by atoms with Gasteiger partial charge >= 0.3 is 0 Å². The molecule has 9 heteroatoms. The third-order valence-corrected chi connectivity index (χ3v) is 7.51. The van der Waals surface area contributed by atoms with E-state index in [0.29, 0.717) is 5.76 Å². The molecule has 1 aliphatic heterocycles. The fourth-order valence-electron chi connectivity index (χ4n) is 2.31. The number of sulfonamides is 1. The minimum Gasteiger partial charge on any atom is -0.468 e. The molecule has 0 aliphatic carbocycles. The Hall–Kier alpha value is -1.71. The van der Waals surface area contributed by atoms with Gasteiger partial charge in [0.05, 0.1) is 16.4 Å². The first-order chi connectivity index (χ1) is 10.8. The zero-order valence-electron chi connectivity index (χ0n) is 11.9. The lowest BCUT2D eigenvalue weighted by atomic mass is 10.3. The molecule has 0 radical (unpaired) electrons. The Morgan fingerprint density at radius 3 is 2.48 bits per heavy atom. The van der Waals surface area contributed by atoms with Gasteiger partial charge in [-0.15, -0.1) is 0 Å². The zero-order chi connectivity index (χ0) is 16.7. The number of halogens is 1. The summed E-state index contributed by atoms with van der Waals surface area (Å²) in [6, 6.07) is 7.78. The number of hydrogen-bond acceptors (Lipinski definition) is 5. The molecule has 0 N–H and O–H groups in total. The summed E-state index contributed by atoms with van der Waals surface area (Å²) in [5.41, 5.74) is 0. The van der Waals surface area contributed by atoms with Gasteiger partial charge in [0.25, 0.3) is 0 Å². The number of rotatable bonds is 5. The lowest BCUT2D eigenvalue weighted by molar-refractivity contribution is 0.309. The Balaban J connectivity index is 1.71. The maximum absolute atomic E-state index is 13.2. The van der Waals surface area contributed by atoms with Gasteiger partial charge in [-0.3, -0.25) is 0 Å². The fraction of sp³-hybridized carbons (Fsp3) is 0.286. The normalized spacial score (nSPS) is 17.1. The van der Waals surface area contributed by atoms with Gasteiger partial charge in [-0.2, -0.15) is 4.31 Å². The highest BCUT2D eigenvalue weighted by Gasteiger charge is 2.43. The van der Waals surface area contributed by atoms with Gasteiger partial charge < -0.3 is 4.42 Å². The third kappa shape index (κ3) is 3.17. The van der Waals surface area contributed by atoms with Crippen LogP contribution in [0.5, 0.6) is 0 Å². The van der Waals surface area contributed by atoms with Gasteiger partial charge in [-0.1, -0.05) is 6.07 Å². The van der Waals surface area contributed by atoms with E-state index >= 15 is 0 Å². The van der Waals surface area contributed by atoms with E-state index in [-0.39, 0.29) is 23.7 Å². The molecular formula is C14H14FNO5S2. The molecule has 2 heterocycles. The van der Waals surface area contributed by atoms with Crippen molar-refractivity contribution in [2.75, 3.05) is 13.1 Å². The van der Waals surface area contributed by atoms with Crippen LogP contribution in [0.1, 0.15) is 5.76 Å². The molecule has 0 bridgehead atoms. The summed E-state index contributed by atoms with van der Waals surface area (Å²) in [4.78, 5) is -0.181. The van der Waals surface area contributed by atoms with Crippen molar-refractivity contribution in [3.05, 3.63) is 54.2 Å².